The molecule has 4 atom stereocenters. The molecule has 0 saturated heterocycles. The lowest BCUT2D eigenvalue weighted by molar-refractivity contribution is -0.137. The first-order chi connectivity index (χ1) is 16.8. The quantitative estimate of drug-likeness (QED) is 0.374. The second-order valence-corrected chi connectivity index (χ2v) is 12.3. The van der Waals surface area contributed by atoms with Gasteiger partial charge in [0.05, 0.1) is 15.5 Å². The minimum absolute atomic E-state index is 0.0227. The molecule has 2 N–H and O–H groups in total. The zero-order valence-electron chi connectivity index (χ0n) is 19.9. The van der Waals surface area contributed by atoms with Gasteiger partial charge in [-0.3, -0.25) is 0 Å². The molecule has 1 heterocycles. The summed E-state index contributed by atoms with van der Waals surface area (Å²) in [4.78, 5) is 0.0227. The summed E-state index contributed by atoms with van der Waals surface area (Å²) in [7, 11) is -1.92. The Morgan fingerprint density at radius 3 is 2.39 bits per heavy atom. The van der Waals surface area contributed by atoms with Gasteiger partial charge in [0.2, 0.25) is 0 Å². The number of hydrogen-bond donors (Lipinski definition) is 2. The third kappa shape index (κ3) is 5.74. The highest BCUT2D eigenvalue weighted by Crippen LogP contribution is 2.44. The van der Waals surface area contributed by atoms with E-state index < -0.39 is 22.7 Å². The lowest BCUT2D eigenvalue weighted by Crippen LogP contribution is -2.47. The maximum absolute atomic E-state index is 12.9. The van der Waals surface area contributed by atoms with Crippen LogP contribution in [0.4, 0.5) is 18.9 Å². The molecule has 0 radical (unpaired) electrons. The van der Waals surface area contributed by atoms with Crippen LogP contribution in [-0.4, -0.2) is 10.3 Å². The van der Waals surface area contributed by atoms with Gasteiger partial charge in [-0.15, -0.1) is 0 Å². The fourth-order valence-corrected chi connectivity index (χ4v) is 6.56. The van der Waals surface area contributed by atoms with E-state index >= 15 is 0 Å². The van der Waals surface area contributed by atoms with Crippen molar-refractivity contribution in [3.8, 4) is 0 Å². The standard InChI is InChI=1S/C26H26Cl3F3N2OS/c1-14-4-5-16-12-25(3,15(2)33-23(16)8-14)13-19-20(27)10-18(11-21(19)28)34-36(35)24-7-6-17(9-22(24)29)26(30,31)32/h4-7,9-11,14-15,33-34H,8,12-13H2,1-3H3. The Morgan fingerprint density at radius 1 is 1.11 bits per heavy atom. The van der Waals surface area contributed by atoms with Crippen LogP contribution in [0.2, 0.25) is 15.1 Å². The van der Waals surface area contributed by atoms with Crippen LogP contribution >= 0.6 is 34.8 Å². The molecular formula is C26H26Cl3F3N2OS. The molecule has 3 nitrogen and oxygen atoms in total. The normalized spacial score (nSPS) is 24.8. The molecule has 2 aliphatic rings. The van der Waals surface area contributed by atoms with Gasteiger partial charge in [-0.25, -0.2) is 4.21 Å². The smallest absolute Gasteiger partial charge is 0.385 e. The Bertz CT molecular complexity index is 1250. The lowest BCUT2D eigenvalue weighted by atomic mass is 9.69. The predicted octanol–water partition coefficient (Wildman–Crippen LogP) is 8.58. The van der Waals surface area contributed by atoms with E-state index in [-0.39, 0.29) is 21.4 Å². The molecule has 2 aromatic carbocycles. The first-order valence-corrected chi connectivity index (χ1v) is 13.7. The van der Waals surface area contributed by atoms with E-state index in [1.165, 1.54) is 11.3 Å². The molecule has 4 unspecified atom stereocenters. The minimum atomic E-state index is -4.54. The van der Waals surface area contributed by atoms with Gasteiger partial charge in [0.15, 0.2) is 11.0 Å². The molecule has 0 spiro atoms. The van der Waals surface area contributed by atoms with Crippen LogP contribution in [0.15, 0.2) is 58.6 Å². The highest BCUT2D eigenvalue weighted by atomic mass is 35.5. The number of rotatable bonds is 5. The van der Waals surface area contributed by atoms with Gasteiger partial charge in [-0.05, 0) is 79.0 Å². The Morgan fingerprint density at radius 2 is 1.78 bits per heavy atom. The van der Waals surface area contributed by atoms with Gasteiger partial charge in [0, 0.05) is 27.5 Å². The zero-order valence-corrected chi connectivity index (χ0v) is 23.0. The molecule has 0 fully saturated rings. The number of anilines is 1. The topological polar surface area (TPSA) is 41.1 Å². The molecule has 1 aliphatic carbocycles. The summed E-state index contributed by atoms with van der Waals surface area (Å²) in [5, 5.41) is 4.26. The number of halogens is 6. The van der Waals surface area contributed by atoms with Gasteiger partial charge < -0.3 is 10.0 Å². The van der Waals surface area contributed by atoms with E-state index in [1.54, 1.807) is 12.1 Å². The van der Waals surface area contributed by atoms with Crippen LogP contribution in [0.5, 0.6) is 0 Å². The molecular weight excluding hydrogens is 552 g/mol. The van der Waals surface area contributed by atoms with Crippen molar-refractivity contribution in [2.45, 2.75) is 57.1 Å². The fourth-order valence-electron chi connectivity index (χ4n) is 4.68. The van der Waals surface area contributed by atoms with Crippen molar-refractivity contribution in [1.82, 2.24) is 5.32 Å². The first kappa shape index (κ1) is 27.4. The largest absolute Gasteiger partial charge is 0.416 e. The van der Waals surface area contributed by atoms with E-state index in [2.05, 4.69) is 43.0 Å². The molecule has 194 valence electrons. The first-order valence-electron chi connectivity index (χ1n) is 11.5. The highest BCUT2D eigenvalue weighted by molar-refractivity contribution is 7.86. The Labute approximate surface area is 226 Å². The molecule has 0 amide bonds. The van der Waals surface area contributed by atoms with Crippen LogP contribution in [0.1, 0.15) is 44.7 Å². The van der Waals surface area contributed by atoms with E-state index in [9.17, 15) is 17.4 Å². The van der Waals surface area contributed by atoms with Crippen LogP contribution in [-0.2, 0) is 23.6 Å². The number of benzene rings is 2. The maximum Gasteiger partial charge on any atom is 0.416 e. The molecule has 0 bridgehead atoms. The van der Waals surface area contributed by atoms with Crippen molar-refractivity contribution in [2.24, 2.45) is 11.3 Å². The van der Waals surface area contributed by atoms with E-state index in [1.807, 2.05) is 0 Å². The highest BCUT2D eigenvalue weighted by Gasteiger charge is 2.38. The lowest BCUT2D eigenvalue weighted by Gasteiger charge is -2.44. The molecule has 36 heavy (non-hydrogen) atoms. The molecule has 0 aromatic heterocycles. The van der Waals surface area contributed by atoms with Crippen molar-refractivity contribution < 1.29 is 17.4 Å². The van der Waals surface area contributed by atoms with Gasteiger partial charge >= 0.3 is 6.18 Å². The van der Waals surface area contributed by atoms with E-state index in [0.29, 0.717) is 28.1 Å². The SMILES string of the molecule is CC1C=CC2=C(C1)NC(C)C(C)(Cc1c(Cl)cc(NS(=O)c3ccc(C(F)(F)F)cc3Cl)cc1Cl)C2. The summed E-state index contributed by atoms with van der Waals surface area (Å²) in [6.07, 6.45) is 2.43. The summed E-state index contributed by atoms with van der Waals surface area (Å²) >= 11 is 19.2. The van der Waals surface area contributed by atoms with E-state index in [4.69, 9.17) is 34.8 Å². The van der Waals surface area contributed by atoms with Crippen LogP contribution in [0, 0.1) is 11.3 Å². The fraction of sp³-hybridized carbons (Fsp3) is 0.385. The summed E-state index contributed by atoms with van der Waals surface area (Å²) in [5.74, 6) is 0.514. The van der Waals surface area contributed by atoms with Crippen LogP contribution in [0.25, 0.3) is 0 Å². The molecule has 0 saturated carbocycles. The van der Waals surface area contributed by atoms with Crippen molar-refractivity contribution in [3.63, 3.8) is 0 Å². The van der Waals surface area contributed by atoms with Crippen molar-refractivity contribution in [3.05, 3.63) is 79.9 Å². The van der Waals surface area contributed by atoms with E-state index in [0.717, 1.165) is 36.6 Å². The predicted molar refractivity (Wildman–Crippen MR) is 142 cm³/mol. The summed E-state index contributed by atoms with van der Waals surface area (Å²) in [5.41, 5.74) is 2.72. The second kappa shape index (κ2) is 10.2. The second-order valence-electron chi connectivity index (χ2n) is 9.85. The number of nitrogens with one attached hydrogen (secondary N) is 2. The zero-order chi connectivity index (χ0) is 26.4. The molecule has 10 heteroatoms. The number of hydrogen-bond acceptors (Lipinski definition) is 2. The molecule has 2 aromatic rings. The number of alkyl halides is 3. The van der Waals surface area contributed by atoms with Gasteiger partial charge in [0.1, 0.15) is 0 Å². The van der Waals surface area contributed by atoms with Crippen LogP contribution < -0.4 is 10.0 Å². The third-order valence-corrected chi connectivity index (χ3v) is 9.24. The maximum atomic E-state index is 12.9. The van der Waals surface area contributed by atoms with Crippen LogP contribution in [0.3, 0.4) is 0 Å². The third-order valence-electron chi connectivity index (χ3n) is 6.96. The molecule has 1 aliphatic heterocycles. The monoisotopic (exact) mass is 576 g/mol. The summed E-state index contributed by atoms with van der Waals surface area (Å²) < 4.78 is 54.2. The minimum Gasteiger partial charge on any atom is -0.385 e. The average Bonchev–Trinajstić information content (AvgIpc) is 2.77. The summed E-state index contributed by atoms with van der Waals surface area (Å²) in [6, 6.07) is 6.13. The summed E-state index contributed by atoms with van der Waals surface area (Å²) in [6.45, 7) is 6.58. The Kier molecular flexibility index (Phi) is 7.78. The van der Waals surface area contributed by atoms with Crippen molar-refractivity contribution in [1.29, 1.82) is 0 Å². The van der Waals surface area contributed by atoms with Gasteiger partial charge in [-0.1, -0.05) is 60.8 Å². The molecule has 4 rings (SSSR count). The average molecular weight is 578 g/mol. The van der Waals surface area contributed by atoms with Gasteiger partial charge in [-0.2, -0.15) is 13.2 Å². The van der Waals surface area contributed by atoms with Gasteiger partial charge in [0.25, 0.3) is 0 Å². The van der Waals surface area contributed by atoms with Crippen molar-refractivity contribution >= 4 is 51.5 Å². The van der Waals surface area contributed by atoms with Crippen molar-refractivity contribution in [2.75, 3.05) is 4.72 Å². The number of allylic oxidation sites excluding steroid dienone is 4. The Balaban J connectivity index is 1.52. The Hall–Kier alpha value is -1.67.